The molecule has 2 aromatic carbocycles. The summed E-state index contributed by atoms with van der Waals surface area (Å²) in [6.45, 7) is 0.313. The zero-order valence-electron chi connectivity index (χ0n) is 20.0. The van der Waals surface area contributed by atoms with E-state index in [1.807, 2.05) is 36.4 Å². The van der Waals surface area contributed by atoms with Crippen molar-refractivity contribution in [3.05, 3.63) is 83.2 Å². The summed E-state index contributed by atoms with van der Waals surface area (Å²) in [5.74, 6) is 1.84. The number of aromatic nitrogens is 6. The Hall–Kier alpha value is -5.26. The van der Waals surface area contributed by atoms with Gasteiger partial charge >= 0.3 is 0 Å². The van der Waals surface area contributed by atoms with Crippen molar-refractivity contribution < 1.29 is 19.0 Å². The van der Waals surface area contributed by atoms with E-state index in [1.54, 1.807) is 34.8 Å². The second-order valence-corrected chi connectivity index (χ2v) is 8.31. The van der Waals surface area contributed by atoms with Gasteiger partial charge in [0.15, 0.2) is 23.0 Å². The summed E-state index contributed by atoms with van der Waals surface area (Å²) >= 11 is 0. The third kappa shape index (κ3) is 4.74. The SMILES string of the molecule is O=C(Cn1nc(-c2ccc3c(c2)OCO3)ccc1=O)NCCOc1ccc2nnc(-c3ccccc3)n2n1. The summed E-state index contributed by atoms with van der Waals surface area (Å²) in [4.78, 5) is 24.8. The largest absolute Gasteiger partial charge is 0.475 e. The molecule has 0 spiro atoms. The van der Waals surface area contributed by atoms with Crippen molar-refractivity contribution in [2.24, 2.45) is 0 Å². The first-order valence-electron chi connectivity index (χ1n) is 11.8. The Morgan fingerprint density at radius 2 is 1.79 bits per heavy atom. The molecule has 5 aromatic rings. The highest BCUT2D eigenvalue weighted by molar-refractivity contribution is 5.75. The maximum atomic E-state index is 12.5. The topological polar surface area (TPSA) is 135 Å². The highest BCUT2D eigenvalue weighted by Crippen LogP contribution is 2.35. The zero-order valence-corrected chi connectivity index (χ0v) is 20.0. The van der Waals surface area contributed by atoms with Gasteiger partial charge in [0.2, 0.25) is 18.6 Å². The van der Waals surface area contributed by atoms with Crippen molar-refractivity contribution in [1.29, 1.82) is 0 Å². The van der Waals surface area contributed by atoms with Crippen LogP contribution in [0, 0.1) is 0 Å². The highest BCUT2D eigenvalue weighted by Gasteiger charge is 2.15. The predicted molar refractivity (Wildman–Crippen MR) is 135 cm³/mol. The van der Waals surface area contributed by atoms with Gasteiger partial charge in [0, 0.05) is 23.3 Å². The number of ether oxygens (including phenoxy) is 3. The van der Waals surface area contributed by atoms with Crippen LogP contribution in [-0.4, -0.2) is 55.4 Å². The quantitative estimate of drug-likeness (QED) is 0.310. The number of rotatable bonds is 8. The smallest absolute Gasteiger partial charge is 0.267 e. The first kappa shape index (κ1) is 23.2. The van der Waals surface area contributed by atoms with E-state index in [1.165, 1.54) is 6.07 Å². The maximum Gasteiger partial charge on any atom is 0.267 e. The van der Waals surface area contributed by atoms with E-state index in [2.05, 4.69) is 25.7 Å². The third-order valence-electron chi connectivity index (χ3n) is 5.77. The van der Waals surface area contributed by atoms with E-state index in [0.29, 0.717) is 34.5 Å². The molecule has 0 saturated heterocycles. The van der Waals surface area contributed by atoms with Gasteiger partial charge in [-0.1, -0.05) is 30.3 Å². The predicted octanol–water partition coefficient (Wildman–Crippen LogP) is 1.94. The fourth-order valence-electron chi connectivity index (χ4n) is 3.93. The first-order chi connectivity index (χ1) is 18.6. The minimum absolute atomic E-state index is 0.162. The average molecular weight is 511 g/mol. The minimum Gasteiger partial charge on any atom is -0.475 e. The number of benzene rings is 2. The second-order valence-electron chi connectivity index (χ2n) is 8.31. The molecular weight excluding hydrogens is 490 g/mol. The lowest BCUT2D eigenvalue weighted by Crippen LogP contribution is -2.35. The molecule has 0 unspecified atom stereocenters. The fourth-order valence-corrected chi connectivity index (χ4v) is 3.93. The average Bonchev–Trinajstić information content (AvgIpc) is 3.59. The molecule has 1 N–H and O–H groups in total. The Balaban J connectivity index is 1.06. The van der Waals surface area contributed by atoms with Crippen LogP contribution in [0.25, 0.3) is 28.3 Å². The molecule has 1 aliphatic heterocycles. The van der Waals surface area contributed by atoms with Gasteiger partial charge in [0.05, 0.1) is 12.2 Å². The summed E-state index contributed by atoms with van der Waals surface area (Å²) < 4.78 is 19.2. The van der Waals surface area contributed by atoms with Gasteiger partial charge in [-0.15, -0.1) is 15.3 Å². The van der Waals surface area contributed by atoms with Crippen LogP contribution in [0.2, 0.25) is 0 Å². The minimum atomic E-state index is -0.387. The maximum absolute atomic E-state index is 12.5. The van der Waals surface area contributed by atoms with E-state index in [0.717, 1.165) is 15.8 Å². The van der Waals surface area contributed by atoms with Crippen LogP contribution in [0.5, 0.6) is 17.4 Å². The number of fused-ring (bicyclic) bond motifs is 2. The van der Waals surface area contributed by atoms with Crippen molar-refractivity contribution in [1.82, 2.24) is 34.9 Å². The number of amides is 1. The van der Waals surface area contributed by atoms with Gasteiger partial charge in [-0.2, -0.15) is 9.61 Å². The lowest BCUT2D eigenvalue weighted by atomic mass is 10.1. The standard InChI is InChI=1S/C26H21N7O5/c34-23(15-32-25(35)11-7-19(30-32)18-6-8-20-21(14-18)38-16-37-20)27-12-13-36-24-10-9-22-28-29-26(33(22)31-24)17-4-2-1-3-5-17/h1-11,14H,12-13,15-16H2,(H,27,34). The van der Waals surface area contributed by atoms with Crippen LogP contribution >= 0.6 is 0 Å². The molecule has 0 aliphatic carbocycles. The van der Waals surface area contributed by atoms with E-state index in [-0.39, 0.29) is 38.0 Å². The van der Waals surface area contributed by atoms with Gasteiger partial charge in [0.1, 0.15) is 13.2 Å². The van der Waals surface area contributed by atoms with E-state index in [9.17, 15) is 9.59 Å². The molecule has 12 heteroatoms. The van der Waals surface area contributed by atoms with Gasteiger partial charge < -0.3 is 19.5 Å². The third-order valence-corrected chi connectivity index (χ3v) is 5.77. The molecule has 190 valence electrons. The Morgan fingerprint density at radius 3 is 2.68 bits per heavy atom. The van der Waals surface area contributed by atoms with Crippen LogP contribution in [-0.2, 0) is 11.3 Å². The first-order valence-corrected chi connectivity index (χ1v) is 11.8. The molecule has 3 aromatic heterocycles. The Bertz CT molecular complexity index is 1680. The molecule has 1 amide bonds. The summed E-state index contributed by atoms with van der Waals surface area (Å²) in [6.07, 6.45) is 0. The normalized spacial score (nSPS) is 12.0. The van der Waals surface area contributed by atoms with Crippen LogP contribution in [0.4, 0.5) is 0 Å². The van der Waals surface area contributed by atoms with E-state index < -0.39 is 0 Å². The Kier molecular flexibility index (Phi) is 6.10. The van der Waals surface area contributed by atoms with Gasteiger partial charge in [-0.3, -0.25) is 9.59 Å². The van der Waals surface area contributed by atoms with Crippen molar-refractivity contribution >= 4 is 11.6 Å². The molecular formula is C26H21N7O5. The lowest BCUT2D eigenvalue weighted by Gasteiger charge is -2.09. The summed E-state index contributed by atoms with van der Waals surface area (Å²) in [5.41, 5.74) is 2.35. The molecule has 0 bridgehead atoms. The second kappa shape index (κ2) is 10.0. The summed E-state index contributed by atoms with van der Waals surface area (Å²) in [6, 6.07) is 21.4. The lowest BCUT2D eigenvalue weighted by molar-refractivity contribution is -0.122. The van der Waals surface area contributed by atoms with E-state index in [4.69, 9.17) is 14.2 Å². The summed E-state index contributed by atoms with van der Waals surface area (Å²) in [5, 5.41) is 19.9. The van der Waals surface area contributed by atoms with Crippen molar-refractivity contribution in [3.8, 4) is 40.0 Å². The Morgan fingerprint density at radius 1 is 0.921 bits per heavy atom. The molecule has 38 heavy (non-hydrogen) atoms. The monoisotopic (exact) mass is 511 g/mol. The van der Waals surface area contributed by atoms with Crippen molar-refractivity contribution in [2.45, 2.75) is 6.54 Å². The molecule has 0 fully saturated rings. The number of nitrogens with one attached hydrogen (secondary N) is 1. The zero-order chi connectivity index (χ0) is 25.9. The molecule has 0 saturated carbocycles. The Labute approximate surface area is 215 Å². The van der Waals surface area contributed by atoms with Crippen LogP contribution < -0.4 is 25.1 Å². The van der Waals surface area contributed by atoms with Gasteiger partial charge in [-0.25, -0.2) is 4.68 Å². The molecule has 1 aliphatic rings. The van der Waals surface area contributed by atoms with Crippen molar-refractivity contribution in [3.63, 3.8) is 0 Å². The highest BCUT2D eigenvalue weighted by atomic mass is 16.7. The molecule has 6 rings (SSSR count). The van der Waals surface area contributed by atoms with Gasteiger partial charge in [0.25, 0.3) is 5.56 Å². The number of hydrogen-bond acceptors (Lipinski definition) is 9. The van der Waals surface area contributed by atoms with Gasteiger partial charge in [-0.05, 0) is 30.3 Å². The molecule has 0 radical (unpaired) electrons. The van der Waals surface area contributed by atoms with E-state index >= 15 is 0 Å². The number of carbonyl (C=O) groups excluding carboxylic acids is 1. The van der Waals surface area contributed by atoms with Crippen LogP contribution in [0.3, 0.4) is 0 Å². The molecule has 0 atom stereocenters. The molecule has 12 nitrogen and oxygen atoms in total. The fraction of sp³-hybridized carbons (Fsp3) is 0.154. The molecule has 4 heterocycles. The number of carbonyl (C=O) groups is 1. The van der Waals surface area contributed by atoms with Crippen LogP contribution in [0.15, 0.2) is 77.6 Å². The van der Waals surface area contributed by atoms with Crippen LogP contribution in [0.1, 0.15) is 0 Å². The van der Waals surface area contributed by atoms with Crippen molar-refractivity contribution in [2.75, 3.05) is 19.9 Å². The summed E-state index contributed by atoms with van der Waals surface area (Å²) in [7, 11) is 0. The number of nitrogens with zero attached hydrogens (tertiary/aromatic N) is 6. The number of hydrogen-bond donors (Lipinski definition) is 1.